The molecule has 1 saturated heterocycles. The number of hydrogen-bond donors (Lipinski definition) is 2. The molecule has 2 N–H and O–H groups in total. The Kier molecular flexibility index (Phi) is 10.3. The van der Waals surface area contributed by atoms with Crippen molar-refractivity contribution in [2.45, 2.75) is 52.9 Å². The first-order chi connectivity index (χ1) is 20.5. The lowest BCUT2D eigenvalue weighted by atomic mass is 9.88. The summed E-state index contributed by atoms with van der Waals surface area (Å²) in [4.78, 5) is 54.6. The number of amides is 3. The van der Waals surface area contributed by atoms with Crippen LogP contribution in [0.5, 0.6) is 5.75 Å². The summed E-state index contributed by atoms with van der Waals surface area (Å²) in [7, 11) is 1.76. The van der Waals surface area contributed by atoms with E-state index in [4.69, 9.17) is 16.3 Å². The highest BCUT2D eigenvalue weighted by atomic mass is 35.5. The fourth-order valence-electron chi connectivity index (χ4n) is 5.33. The molecule has 11 heteroatoms. The van der Waals surface area contributed by atoms with Crippen LogP contribution in [-0.4, -0.2) is 58.2 Å². The third-order valence-corrected chi connectivity index (χ3v) is 7.77. The van der Waals surface area contributed by atoms with Crippen molar-refractivity contribution < 1.29 is 19.1 Å². The summed E-state index contributed by atoms with van der Waals surface area (Å²) in [6, 6.07) is 14.0. The molecule has 4 rings (SSSR count). The summed E-state index contributed by atoms with van der Waals surface area (Å²) >= 11 is 6.11. The highest BCUT2D eigenvalue weighted by molar-refractivity contribution is 6.31. The summed E-state index contributed by atoms with van der Waals surface area (Å²) in [5, 5.41) is 6.14. The van der Waals surface area contributed by atoms with Crippen LogP contribution in [0.2, 0.25) is 5.02 Å². The number of anilines is 1. The third-order valence-electron chi connectivity index (χ3n) is 7.54. The van der Waals surface area contributed by atoms with Crippen molar-refractivity contribution in [2.24, 2.45) is 12.5 Å². The van der Waals surface area contributed by atoms with Crippen LogP contribution in [0.1, 0.15) is 62.5 Å². The second-order valence-electron chi connectivity index (χ2n) is 11.5. The van der Waals surface area contributed by atoms with Crippen molar-refractivity contribution in [3.8, 4) is 11.4 Å². The first-order valence-electron chi connectivity index (χ1n) is 14.6. The van der Waals surface area contributed by atoms with E-state index in [9.17, 15) is 19.2 Å². The molecule has 1 fully saturated rings. The molecule has 0 atom stereocenters. The number of hydrogen-bond acceptors (Lipinski definition) is 5. The molecule has 1 aromatic heterocycles. The normalized spacial score (nSPS) is 13.2. The van der Waals surface area contributed by atoms with E-state index in [2.05, 4.69) is 10.6 Å². The van der Waals surface area contributed by atoms with Gasteiger partial charge in [0.2, 0.25) is 11.8 Å². The van der Waals surface area contributed by atoms with Crippen molar-refractivity contribution in [2.75, 3.05) is 31.6 Å². The number of benzene rings is 2. The van der Waals surface area contributed by atoms with Crippen molar-refractivity contribution in [1.29, 1.82) is 0 Å². The monoisotopic (exact) mass is 609 g/mol. The Morgan fingerprint density at radius 1 is 1.05 bits per heavy atom. The summed E-state index contributed by atoms with van der Waals surface area (Å²) in [5.74, 6) is -0.265. The number of likely N-dealkylation sites (tertiary alicyclic amines) is 1. The van der Waals surface area contributed by atoms with Gasteiger partial charge in [0.1, 0.15) is 11.4 Å². The number of para-hydroxylation sites is 1. The van der Waals surface area contributed by atoms with Crippen molar-refractivity contribution in [3.63, 3.8) is 0 Å². The van der Waals surface area contributed by atoms with E-state index in [-0.39, 0.29) is 48.4 Å². The Bertz CT molecular complexity index is 1520. The van der Waals surface area contributed by atoms with Crippen LogP contribution in [0.3, 0.4) is 0 Å². The molecule has 0 radical (unpaired) electrons. The average Bonchev–Trinajstić information content (AvgIpc) is 3.59. The molecule has 0 unspecified atom stereocenters. The van der Waals surface area contributed by atoms with Crippen molar-refractivity contribution in [3.05, 3.63) is 75.2 Å². The maximum Gasteiger partial charge on any atom is 0.295 e. The summed E-state index contributed by atoms with van der Waals surface area (Å²) in [6.45, 7) is 7.64. The maximum absolute atomic E-state index is 13.7. The number of nitrogens with zero attached hydrogens (tertiary/aromatic N) is 3. The number of halogens is 1. The molecule has 43 heavy (non-hydrogen) atoms. The second-order valence-corrected chi connectivity index (χ2v) is 12.0. The van der Waals surface area contributed by atoms with Gasteiger partial charge in [0, 0.05) is 51.0 Å². The molecule has 0 saturated carbocycles. The minimum absolute atomic E-state index is 0.0347. The van der Waals surface area contributed by atoms with Gasteiger partial charge in [-0.25, -0.2) is 4.68 Å². The molecule has 3 amide bonds. The van der Waals surface area contributed by atoms with Gasteiger partial charge >= 0.3 is 0 Å². The smallest absolute Gasteiger partial charge is 0.295 e. The van der Waals surface area contributed by atoms with Crippen LogP contribution >= 0.6 is 11.6 Å². The molecular formula is C32H40ClN5O5. The molecule has 3 aromatic rings. The molecule has 10 nitrogen and oxygen atoms in total. The molecule has 0 spiro atoms. The quantitative estimate of drug-likeness (QED) is 0.312. The van der Waals surface area contributed by atoms with Crippen LogP contribution < -0.4 is 20.9 Å². The number of ether oxygens (including phenoxy) is 1. The van der Waals surface area contributed by atoms with Gasteiger partial charge in [0.05, 0.1) is 23.6 Å². The van der Waals surface area contributed by atoms with Crippen LogP contribution in [0.25, 0.3) is 5.69 Å². The zero-order valence-electron chi connectivity index (χ0n) is 25.2. The van der Waals surface area contributed by atoms with Gasteiger partial charge in [-0.1, -0.05) is 43.6 Å². The lowest BCUT2D eigenvalue weighted by molar-refractivity contribution is -0.130. The van der Waals surface area contributed by atoms with Gasteiger partial charge in [-0.15, -0.1) is 0 Å². The summed E-state index contributed by atoms with van der Waals surface area (Å²) < 4.78 is 8.77. The third kappa shape index (κ3) is 7.87. The first-order valence-corrected chi connectivity index (χ1v) is 15.0. The second kappa shape index (κ2) is 13.9. The minimum Gasteiger partial charge on any atom is -0.493 e. The highest BCUT2D eigenvalue weighted by Gasteiger charge is 2.28. The Hall–Kier alpha value is -4.05. The van der Waals surface area contributed by atoms with E-state index in [0.717, 1.165) is 25.9 Å². The van der Waals surface area contributed by atoms with Crippen LogP contribution in [0, 0.1) is 5.41 Å². The van der Waals surface area contributed by atoms with Crippen molar-refractivity contribution in [1.82, 2.24) is 19.6 Å². The molecule has 0 aliphatic carbocycles. The maximum atomic E-state index is 13.7. The predicted molar refractivity (Wildman–Crippen MR) is 167 cm³/mol. The number of carbonyl (C=O) groups is 3. The minimum atomic E-state index is -0.650. The summed E-state index contributed by atoms with van der Waals surface area (Å²) in [5.41, 5.74) is 0.673. The van der Waals surface area contributed by atoms with Crippen LogP contribution in [0.4, 0.5) is 5.69 Å². The van der Waals surface area contributed by atoms with E-state index >= 15 is 0 Å². The zero-order valence-corrected chi connectivity index (χ0v) is 26.0. The molecule has 2 aromatic carbocycles. The van der Waals surface area contributed by atoms with Gasteiger partial charge in [0.15, 0.2) is 0 Å². The predicted octanol–water partition coefficient (Wildman–Crippen LogP) is 4.57. The van der Waals surface area contributed by atoms with Crippen molar-refractivity contribution >= 4 is 35.0 Å². The lowest BCUT2D eigenvalue weighted by Crippen LogP contribution is -2.37. The zero-order chi connectivity index (χ0) is 31.1. The Morgan fingerprint density at radius 2 is 1.74 bits per heavy atom. The molecule has 1 aliphatic heterocycles. The van der Waals surface area contributed by atoms with Gasteiger partial charge in [-0.05, 0) is 55.5 Å². The molecular weight excluding hydrogens is 570 g/mol. The van der Waals surface area contributed by atoms with Gasteiger partial charge < -0.3 is 20.3 Å². The van der Waals surface area contributed by atoms with E-state index < -0.39 is 5.41 Å². The van der Waals surface area contributed by atoms with E-state index in [1.807, 2.05) is 56.0 Å². The molecule has 1 aliphatic rings. The fraction of sp³-hybridized carbons (Fsp3) is 0.438. The number of aromatic nitrogens is 2. The van der Waals surface area contributed by atoms with Gasteiger partial charge in [0.25, 0.3) is 11.5 Å². The van der Waals surface area contributed by atoms with Crippen LogP contribution in [0.15, 0.2) is 53.3 Å². The molecule has 230 valence electrons. The van der Waals surface area contributed by atoms with E-state index in [0.29, 0.717) is 40.7 Å². The number of carbonyl (C=O) groups excluding carboxylic acids is 3. The summed E-state index contributed by atoms with van der Waals surface area (Å²) in [6.07, 6.45) is 2.57. The lowest BCUT2D eigenvalue weighted by Gasteiger charge is -2.24. The largest absolute Gasteiger partial charge is 0.493 e. The van der Waals surface area contributed by atoms with Crippen LogP contribution in [-0.2, 0) is 23.1 Å². The average molecular weight is 610 g/mol. The first kappa shape index (κ1) is 31.9. The standard InChI is InChI=1S/C32H40ClN5O5/c1-5-43-26-15-13-22(33)19-24(26)30(41)34-21-32(2,3)20-27(39)35-29-25(14-16-28(40)37-17-9-10-18-37)36(4)38(31(29)42)23-11-7-6-8-12-23/h6-8,11-13,15,19H,5,9-10,14,16-18,20-21H2,1-4H3,(H,34,41)(H,35,39). The Balaban J connectivity index is 1.49. The van der Waals surface area contributed by atoms with Gasteiger partial charge in [-0.2, -0.15) is 0 Å². The van der Waals surface area contributed by atoms with E-state index in [1.165, 1.54) is 4.68 Å². The Morgan fingerprint density at radius 3 is 2.42 bits per heavy atom. The SMILES string of the molecule is CCOc1ccc(Cl)cc1C(=O)NCC(C)(C)CC(=O)Nc1c(CCC(=O)N2CCCC2)n(C)n(-c2ccccc2)c1=O. The fourth-order valence-corrected chi connectivity index (χ4v) is 5.50. The van der Waals surface area contributed by atoms with Gasteiger partial charge in [-0.3, -0.25) is 23.9 Å². The Labute approximate surface area is 256 Å². The van der Waals surface area contributed by atoms with E-state index in [1.54, 1.807) is 29.9 Å². The molecule has 2 heterocycles. The molecule has 0 bridgehead atoms. The number of nitrogens with one attached hydrogen (secondary N) is 2. The topological polar surface area (TPSA) is 115 Å². The number of rotatable bonds is 12. The highest BCUT2D eigenvalue weighted by Crippen LogP contribution is 2.25.